The molecule has 0 radical (unpaired) electrons. The second kappa shape index (κ2) is 12.5. The van der Waals surface area contributed by atoms with Gasteiger partial charge in [0, 0.05) is 21.3 Å². The molecule has 0 aromatic carbocycles. The standard InChI is InChI=1S/C19H40O2Si/c1-22(2,3)18-14-10-8-6-4-5-7-9-12-16-20-19-15-11-13-17-21-19/h19H,4-18H2,1-3H3. The summed E-state index contributed by atoms with van der Waals surface area (Å²) < 4.78 is 11.3. The molecule has 1 unspecified atom stereocenters. The number of hydrogen-bond acceptors (Lipinski definition) is 2. The Morgan fingerprint density at radius 2 is 1.41 bits per heavy atom. The second-order valence-corrected chi connectivity index (χ2v) is 13.8. The molecule has 3 heteroatoms. The highest BCUT2D eigenvalue weighted by Gasteiger charge is 2.13. The molecule has 2 nitrogen and oxygen atoms in total. The lowest BCUT2D eigenvalue weighted by atomic mass is 10.1. The molecule has 22 heavy (non-hydrogen) atoms. The minimum atomic E-state index is -0.785. The fraction of sp³-hybridized carbons (Fsp3) is 1.00. The first kappa shape index (κ1) is 20.2. The highest BCUT2D eigenvalue weighted by Crippen LogP contribution is 2.17. The first-order chi connectivity index (χ1) is 10.6. The summed E-state index contributed by atoms with van der Waals surface area (Å²) in [5.41, 5.74) is 0. The normalized spacial score (nSPS) is 19.5. The van der Waals surface area contributed by atoms with E-state index >= 15 is 0 Å². The van der Waals surface area contributed by atoms with Crippen molar-refractivity contribution in [2.45, 2.75) is 109 Å². The molecule has 1 heterocycles. The van der Waals surface area contributed by atoms with Crippen LogP contribution in [-0.2, 0) is 9.47 Å². The summed E-state index contributed by atoms with van der Waals surface area (Å²) in [6, 6.07) is 1.51. The largest absolute Gasteiger partial charge is 0.353 e. The third-order valence-electron chi connectivity index (χ3n) is 4.51. The van der Waals surface area contributed by atoms with Gasteiger partial charge in [0.05, 0.1) is 0 Å². The van der Waals surface area contributed by atoms with Crippen molar-refractivity contribution in [2.75, 3.05) is 13.2 Å². The van der Waals surface area contributed by atoms with Crippen LogP contribution in [0.25, 0.3) is 0 Å². The Labute approximate surface area is 140 Å². The predicted molar refractivity (Wildman–Crippen MR) is 99.2 cm³/mol. The summed E-state index contributed by atoms with van der Waals surface area (Å²) in [6.45, 7) is 9.23. The zero-order valence-corrected chi connectivity index (χ0v) is 16.5. The van der Waals surface area contributed by atoms with Crippen molar-refractivity contribution >= 4 is 8.07 Å². The number of ether oxygens (including phenoxy) is 2. The van der Waals surface area contributed by atoms with Gasteiger partial charge in [-0.3, -0.25) is 0 Å². The first-order valence-electron chi connectivity index (χ1n) is 9.81. The summed E-state index contributed by atoms with van der Waals surface area (Å²) in [5.74, 6) is 0. The molecular formula is C19H40O2Si. The highest BCUT2D eigenvalue weighted by molar-refractivity contribution is 6.76. The van der Waals surface area contributed by atoms with Gasteiger partial charge in [0.15, 0.2) is 6.29 Å². The lowest BCUT2D eigenvalue weighted by Crippen LogP contribution is -2.22. The van der Waals surface area contributed by atoms with Gasteiger partial charge in [0.1, 0.15) is 0 Å². The molecule has 1 fully saturated rings. The minimum Gasteiger partial charge on any atom is -0.353 e. The number of unbranched alkanes of at least 4 members (excludes halogenated alkanes) is 8. The summed E-state index contributed by atoms with van der Waals surface area (Å²) in [5, 5.41) is 0. The van der Waals surface area contributed by atoms with Gasteiger partial charge in [0.25, 0.3) is 0 Å². The van der Waals surface area contributed by atoms with Crippen molar-refractivity contribution in [1.29, 1.82) is 0 Å². The summed E-state index contributed by atoms with van der Waals surface area (Å²) >= 11 is 0. The van der Waals surface area contributed by atoms with E-state index in [1.54, 1.807) is 0 Å². The van der Waals surface area contributed by atoms with Crippen LogP contribution in [0, 0.1) is 0 Å². The van der Waals surface area contributed by atoms with Gasteiger partial charge in [-0.15, -0.1) is 0 Å². The monoisotopic (exact) mass is 328 g/mol. The third kappa shape index (κ3) is 12.7. The van der Waals surface area contributed by atoms with Crippen LogP contribution in [0.4, 0.5) is 0 Å². The average Bonchev–Trinajstić information content (AvgIpc) is 2.48. The van der Waals surface area contributed by atoms with E-state index in [0.29, 0.717) is 0 Å². The second-order valence-electron chi connectivity index (χ2n) is 8.16. The van der Waals surface area contributed by atoms with Gasteiger partial charge >= 0.3 is 0 Å². The summed E-state index contributed by atoms with van der Waals surface area (Å²) in [7, 11) is -0.785. The molecule has 1 rings (SSSR count). The predicted octanol–water partition coefficient (Wildman–Crippen LogP) is 6.38. The van der Waals surface area contributed by atoms with Gasteiger partial charge in [0.2, 0.25) is 0 Å². The molecule has 0 amide bonds. The van der Waals surface area contributed by atoms with E-state index in [1.807, 2.05) is 0 Å². The van der Waals surface area contributed by atoms with Gasteiger partial charge in [-0.2, -0.15) is 0 Å². The van der Waals surface area contributed by atoms with Crippen molar-refractivity contribution in [3.8, 4) is 0 Å². The molecule has 1 saturated heterocycles. The van der Waals surface area contributed by atoms with Crippen LogP contribution in [0.3, 0.4) is 0 Å². The minimum absolute atomic E-state index is 0.102. The lowest BCUT2D eigenvalue weighted by Gasteiger charge is -2.22. The van der Waals surface area contributed by atoms with Crippen molar-refractivity contribution in [3.63, 3.8) is 0 Å². The number of hydrogen-bond donors (Lipinski definition) is 0. The molecule has 0 spiro atoms. The quantitative estimate of drug-likeness (QED) is 0.288. The Kier molecular flexibility index (Phi) is 11.5. The van der Waals surface area contributed by atoms with Gasteiger partial charge < -0.3 is 9.47 Å². The Morgan fingerprint density at radius 1 is 0.818 bits per heavy atom. The van der Waals surface area contributed by atoms with Crippen molar-refractivity contribution in [1.82, 2.24) is 0 Å². The fourth-order valence-electron chi connectivity index (χ4n) is 3.05. The highest BCUT2D eigenvalue weighted by atomic mass is 28.3. The van der Waals surface area contributed by atoms with Crippen LogP contribution in [0.5, 0.6) is 0 Å². The smallest absolute Gasteiger partial charge is 0.157 e. The van der Waals surface area contributed by atoms with Crippen LogP contribution < -0.4 is 0 Å². The van der Waals surface area contributed by atoms with Gasteiger partial charge in [-0.1, -0.05) is 77.1 Å². The Morgan fingerprint density at radius 3 is 1.95 bits per heavy atom. The van der Waals surface area contributed by atoms with E-state index in [9.17, 15) is 0 Å². The Bertz CT molecular complexity index is 244. The van der Waals surface area contributed by atoms with Crippen LogP contribution in [-0.4, -0.2) is 27.6 Å². The van der Waals surface area contributed by atoms with E-state index in [1.165, 1.54) is 76.7 Å². The van der Waals surface area contributed by atoms with E-state index in [-0.39, 0.29) is 6.29 Å². The van der Waals surface area contributed by atoms with Crippen molar-refractivity contribution in [3.05, 3.63) is 0 Å². The van der Waals surface area contributed by atoms with Crippen LogP contribution in [0.2, 0.25) is 25.7 Å². The summed E-state index contributed by atoms with van der Waals surface area (Å²) in [6.07, 6.45) is 16.2. The molecule has 1 aliphatic rings. The molecule has 0 bridgehead atoms. The zero-order valence-electron chi connectivity index (χ0n) is 15.5. The third-order valence-corrected chi connectivity index (χ3v) is 6.37. The van der Waals surface area contributed by atoms with E-state index in [2.05, 4.69) is 19.6 Å². The SMILES string of the molecule is C[Si](C)(C)CCCCCCCCCCCOC1CCCCO1. The van der Waals surface area contributed by atoms with E-state index < -0.39 is 8.07 Å². The van der Waals surface area contributed by atoms with E-state index in [0.717, 1.165) is 19.6 Å². The maximum Gasteiger partial charge on any atom is 0.157 e. The van der Waals surface area contributed by atoms with Crippen LogP contribution in [0.15, 0.2) is 0 Å². The topological polar surface area (TPSA) is 18.5 Å². The van der Waals surface area contributed by atoms with Gasteiger partial charge in [-0.05, 0) is 25.7 Å². The molecule has 132 valence electrons. The molecule has 0 N–H and O–H groups in total. The Balaban J connectivity index is 1.73. The first-order valence-corrected chi connectivity index (χ1v) is 13.5. The zero-order chi connectivity index (χ0) is 16.1. The fourth-order valence-corrected chi connectivity index (χ4v) is 4.36. The van der Waals surface area contributed by atoms with Crippen molar-refractivity contribution in [2.24, 2.45) is 0 Å². The molecule has 0 saturated carbocycles. The molecule has 0 aromatic heterocycles. The summed E-state index contributed by atoms with van der Waals surface area (Å²) in [4.78, 5) is 0. The molecular weight excluding hydrogens is 288 g/mol. The number of rotatable bonds is 13. The van der Waals surface area contributed by atoms with E-state index in [4.69, 9.17) is 9.47 Å². The van der Waals surface area contributed by atoms with Crippen LogP contribution >= 0.6 is 0 Å². The average molecular weight is 329 g/mol. The maximum absolute atomic E-state index is 5.76. The maximum atomic E-state index is 5.76. The van der Waals surface area contributed by atoms with Gasteiger partial charge in [-0.25, -0.2) is 0 Å². The van der Waals surface area contributed by atoms with Crippen LogP contribution in [0.1, 0.15) is 77.0 Å². The van der Waals surface area contributed by atoms with Crippen molar-refractivity contribution < 1.29 is 9.47 Å². The molecule has 0 aliphatic carbocycles. The molecule has 0 aromatic rings. The molecule has 1 aliphatic heterocycles. The lowest BCUT2D eigenvalue weighted by molar-refractivity contribution is -0.162. The molecule has 1 atom stereocenters. The Hall–Kier alpha value is 0.137.